The molecule has 0 bridgehead atoms. The molecule has 2 atom stereocenters. The highest BCUT2D eigenvalue weighted by Gasteiger charge is 2.27. The number of amides is 1. The van der Waals surface area contributed by atoms with Gasteiger partial charge in [0.05, 0.1) is 5.69 Å². The molecule has 1 aliphatic heterocycles. The van der Waals surface area contributed by atoms with Crippen molar-refractivity contribution in [3.05, 3.63) is 24.3 Å². The third kappa shape index (κ3) is 4.08. The van der Waals surface area contributed by atoms with E-state index in [4.69, 9.17) is 0 Å². The van der Waals surface area contributed by atoms with Crippen LogP contribution in [0.15, 0.2) is 24.3 Å². The Bertz CT molecular complexity index is 511. The van der Waals surface area contributed by atoms with Gasteiger partial charge in [0.2, 0.25) is 5.91 Å². The molecule has 0 saturated carbocycles. The van der Waals surface area contributed by atoms with Gasteiger partial charge in [-0.05, 0) is 25.0 Å². The van der Waals surface area contributed by atoms with Crippen LogP contribution in [0.5, 0.6) is 5.75 Å². The minimum atomic E-state index is -2.84. The molecule has 1 fully saturated rings. The quantitative estimate of drug-likeness (QED) is 0.878. The van der Waals surface area contributed by atoms with Gasteiger partial charge in [0.15, 0.2) is 0 Å². The fraction of sp³-hybridized carbons (Fsp3) is 0.562. The van der Waals surface area contributed by atoms with Crippen molar-refractivity contribution in [2.45, 2.75) is 39.3 Å². The number of carbonyl (C=O) groups is 1. The average molecular weight is 312 g/mol. The molecule has 0 unspecified atom stereocenters. The first-order valence-electron chi connectivity index (χ1n) is 7.60. The topological polar surface area (TPSA) is 41.6 Å². The number of hydrogen-bond acceptors (Lipinski definition) is 3. The molecule has 0 aliphatic carbocycles. The zero-order valence-electron chi connectivity index (χ0n) is 12.9. The highest BCUT2D eigenvalue weighted by molar-refractivity contribution is 5.78. The number of para-hydroxylation sites is 2. The van der Waals surface area contributed by atoms with Crippen LogP contribution in [0.4, 0.5) is 14.5 Å². The number of alkyl halides is 2. The Morgan fingerprint density at radius 3 is 2.86 bits per heavy atom. The van der Waals surface area contributed by atoms with Crippen LogP contribution in [0.3, 0.4) is 0 Å². The zero-order valence-corrected chi connectivity index (χ0v) is 12.9. The average Bonchev–Trinajstić information content (AvgIpc) is 2.94. The van der Waals surface area contributed by atoms with Gasteiger partial charge in [-0.1, -0.05) is 26.0 Å². The summed E-state index contributed by atoms with van der Waals surface area (Å²) in [6.07, 6.45) is 1.60. The molecule has 122 valence electrons. The van der Waals surface area contributed by atoms with Crippen LogP contribution in [0.2, 0.25) is 0 Å². The summed E-state index contributed by atoms with van der Waals surface area (Å²) < 4.78 is 29.5. The molecule has 4 nitrogen and oxygen atoms in total. The van der Waals surface area contributed by atoms with Gasteiger partial charge in [-0.2, -0.15) is 8.78 Å². The van der Waals surface area contributed by atoms with Gasteiger partial charge in [-0.3, -0.25) is 4.79 Å². The van der Waals surface area contributed by atoms with Crippen LogP contribution in [-0.4, -0.2) is 31.7 Å². The summed E-state index contributed by atoms with van der Waals surface area (Å²) in [4.78, 5) is 13.9. The molecule has 1 aliphatic rings. The maximum atomic E-state index is 12.5. The second kappa shape index (κ2) is 7.42. The highest BCUT2D eigenvalue weighted by Crippen LogP contribution is 2.31. The summed E-state index contributed by atoms with van der Waals surface area (Å²) in [7, 11) is 0. The number of nitrogens with zero attached hydrogens (tertiary/aromatic N) is 1. The number of hydrogen-bond donors (Lipinski definition) is 1. The van der Waals surface area contributed by atoms with Crippen molar-refractivity contribution in [2.24, 2.45) is 5.92 Å². The lowest BCUT2D eigenvalue weighted by Gasteiger charge is -2.22. The van der Waals surface area contributed by atoms with Gasteiger partial charge in [-0.25, -0.2) is 0 Å². The fourth-order valence-corrected chi connectivity index (χ4v) is 2.54. The van der Waals surface area contributed by atoms with Gasteiger partial charge in [-0.15, -0.1) is 0 Å². The fourth-order valence-electron chi connectivity index (χ4n) is 2.54. The number of halogens is 2. The summed E-state index contributed by atoms with van der Waals surface area (Å²) in [5.41, 5.74) is 0.642. The minimum absolute atomic E-state index is 0.0106. The molecule has 22 heavy (non-hydrogen) atoms. The maximum absolute atomic E-state index is 12.5. The van der Waals surface area contributed by atoms with Crippen molar-refractivity contribution in [1.29, 1.82) is 0 Å². The summed E-state index contributed by atoms with van der Waals surface area (Å²) >= 11 is 0. The maximum Gasteiger partial charge on any atom is 0.387 e. The van der Waals surface area contributed by atoms with Crippen molar-refractivity contribution in [1.82, 2.24) is 5.32 Å². The Labute approximate surface area is 129 Å². The number of nitrogens with one attached hydrogen (secondary N) is 1. The van der Waals surface area contributed by atoms with E-state index >= 15 is 0 Å². The van der Waals surface area contributed by atoms with Crippen molar-refractivity contribution < 1.29 is 18.3 Å². The van der Waals surface area contributed by atoms with E-state index in [2.05, 4.69) is 10.1 Å². The lowest BCUT2D eigenvalue weighted by Crippen LogP contribution is -2.39. The van der Waals surface area contributed by atoms with Crippen LogP contribution < -0.4 is 15.0 Å². The van der Waals surface area contributed by atoms with Crippen molar-refractivity contribution in [3.8, 4) is 5.75 Å². The summed E-state index contributed by atoms with van der Waals surface area (Å²) in [6, 6.07) is 6.79. The Morgan fingerprint density at radius 1 is 1.45 bits per heavy atom. The van der Waals surface area contributed by atoms with Gasteiger partial charge in [0.1, 0.15) is 5.75 Å². The van der Waals surface area contributed by atoms with Crippen molar-refractivity contribution in [3.63, 3.8) is 0 Å². The predicted molar refractivity (Wildman–Crippen MR) is 81.3 cm³/mol. The predicted octanol–water partition coefficient (Wildman–Crippen LogP) is 3.03. The molecule has 1 N–H and O–H groups in total. The first kappa shape index (κ1) is 16.5. The van der Waals surface area contributed by atoms with Gasteiger partial charge >= 0.3 is 6.61 Å². The smallest absolute Gasteiger partial charge is 0.387 e. The van der Waals surface area contributed by atoms with Crippen molar-refractivity contribution in [2.75, 3.05) is 18.0 Å². The molecule has 1 amide bonds. The van der Waals surface area contributed by atoms with Gasteiger partial charge in [0.25, 0.3) is 0 Å². The van der Waals surface area contributed by atoms with Crippen LogP contribution in [0.1, 0.15) is 26.7 Å². The second-order valence-electron chi connectivity index (χ2n) is 5.60. The SMILES string of the molecule is CC[C@H](C)C(=O)N[C@@H]1CCN(c2ccccc2OC(F)F)C1. The number of rotatable bonds is 6. The normalized spacial score (nSPS) is 19.3. The van der Waals surface area contributed by atoms with E-state index in [1.165, 1.54) is 6.07 Å². The molecule has 0 aromatic heterocycles. The van der Waals surface area contributed by atoms with E-state index in [9.17, 15) is 13.6 Å². The van der Waals surface area contributed by atoms with Gasteiger partial charge < -0.3 is 15.0 Å². The number of anilines is 1. The summed E-state index contributed by atoms with van der Waals surface area (Å²) in [5, 5.41) is 3.02. The molecule has 0 spiro atoms. The van der Waals surface area contributed by atoms with Gasteiger partial charge in [0, 0.05) is 25.0 Å². The molecular formula is C16H22F2N2O2. The Balaban J connectivity index is 2.00. The Kier molecular flexibility index (Phi) is 5.57. The number of benzene rings is 1. The first-order valence-corrected chi connectivity index (χ1v) is 7.60. The van der Waals surface area contributed by atoms with E-state index in [0.717, 1.165) is 12.8 Å². The minimum Gasteiger partial charge on any atom is -0.433 e. The molecule has 0 radical (unpaired) electrons. The third-order valence-electron chi connectivity index (χ3n) is 4.02. The molecular weight excluding hydrogens is 290 g/mol. The third-order valence-corrected chi connectivity index (χ3v) is 4.02. The molecule has 1 aromatic rings. The van der Waals surface area contributed by atoms with Crippen molar-refractivity contribution >= 4 is 11.6 Å². The summed E-state index contributed by atoms with van der Waals surface area (Å²) in [5.74, 6) is 0.210. The second-order valence-corrected chi connectivity index (χ2v) is 5.60. The highest BCUT2D eigenvalue weighted by atomic mass is 19.3. The lowest BCUT2D eigenvalue weighted by atomic mass is 10.1. The molecule has 6 heteroatoms. The molecule has 1 heterocycles. The first-order chi connectivity index (χ1) is 10.5. The molecule has 1 saturated heterocycles. The number of carbonyl (C=O) groups excluding carboxylic acids is 1. The van der Waals surface area contributed by atoms with Crippen LogP contribution >= 0.6 is 0 Å². The molecule has 1 aromatic carbocycles. The standard InChI is InChI=1S/C16H22F2N2O2/c1-3-11(2)15(21)19-12-8-9-20(10-12)13-6-4-5-7-14(13)22-16(17)18/h4-7,11-12,16H,3,8-10H2,1-2H3,(H,19,21)/t11-,12+/m0/s1. The van der Waals surface area contributed by atoms with E-state index in [-0.39, 0.29) is 23.6 Å². The van der Waals surface area contributed by atoms with E-state index in [0.29, 0.717) is 18.8 Å². The summed E-state index contributed by atoms with van der Waals surface area (Å²) in [6.45, 7) is 2.34. The largest absolute Gasteiger partial charge is 0.433 e. The monoisotopic (exact) mass is 312 g/mol. The van der Waals surface area contributed by atoms with E-state index < -0.39 is 6.61 Å². The zero-order chi connectivity index (χ0) is 16.1. The van der Waals surface area contributed by atoms with Crippen LogP contribution in [0.25, 0.3) is 0 Å². The number of ether oxygens (including phenoxy) is 1. The Morgan fingerprint density at radius 2 is 2.18 bits per heavy atom. The van der Waals surface area contributed by atoms with E-state index in [1.807, 2.05) is 18.7 Å². The van der Waals surface area contributed by atoms with Crippen LogP contribution in [-0.2, 0) is 4.79 Å². The van der Waals surface area contributed by atoms with E-state index in [1.54, 1.807) is 18.2 Å². The Hall–Kier alpha value is -1.85. The van der Waals surface area contributed by atoms with Crippen LogP contribution in [0, 0.1) is 5.92 Å². The molecule has 2 rings (SSSR count). The lowest BCUT2D eigenvalue weighted by molar-refractivity contribution is -0.125.